The number of fused-ring (bicyclic) bond motifs is 3. The third kappa shape index (κ3) is 3.75. The first-order valence-corrected chi connectivity index (χ1v) is 12.3. The van der Waals surface area contributed by atoms with Crippen molar-refractivity contribution in [3.05, 3.63) is 108 Å². The number of aromatic nitrogens is 5. The third-order valence-corrected chi connectivity index (χ3v) is 7.06. The van der Waals surface area contributed by atoms with E-state index >= 15 is 0 Å². The summed E-state index contributed by atoms with van der Waals surface area (Å²) < 4.78 is 3.34. The van der Waals surface area contributed by atoms with Crippen LogP contribution in [0.25, 0.3) is 50.0 Å². The van der Waals surface area contributed by atoms with Crippen LogP contribution in [-0.4, -0.2) is 24.1 Å². The summed E-state index contributed by atoms with van der Waals surface area (Å²) in [5, 5.41) is 10.4. The molecule has 0 atom stereocenters. The molecule has 4 heterocycles. The quantitative estimate of drug-likeness (QED) is 0.308. The average molecular weight is 497 g/mol. The molecule has 184 valence electrons. The van der Waals surface area contributed by atoms with E-state index in [1.807, 2.05) is 80.7 Å². The van der Waals surface area contributed by atoms with Crippen molar-refractivity contribution in [3.8, 4) is 34.1 Å². The number of imidazole rings is 1. The lowest BCUT2D eigenvalue weighted by Gasteiger charge is -2.16. The molecule has 2 aromatic carbocycles. The van der Waals surface area contributed by atoms with E-state index in [0.29, 0.717) is 0 Å². The van der Waals surface area contributed by atoms with Gasteiger partial charge in [-0.15, -0.1) is 0 Å². The molecule has 0 aliphatic rings. The minimum Gasteiger partial charge on any atom is -0.293 e. The van der Waals surface area contributed by atoms with Crippen LogP contribution >= 0.6 is 0 Å². The fourth-order valence-corrected chi connectivity index (χ4v) is 4.76. The van der Waals surface area contributed by atoms with Crippen LogP contribution in [0, 0.1) is 11.3 Å². The first-order chi connectivity index (χ1) is 18.4. The van der Waals surface area contributed by atoms with E-state index in [2.05, 4.69) is 27.1 Å². The second-order valence-electron chi connectivity index (χ2n) is 9.86. The largest absolute Gasteiger partial charge is 0.333 e. The second kappa shape index (κ2) is 8.79. The van der Waals surface area contributed by atoms with Gasteiger partial charge in [0.05, 0.1) is 45.6 Å². The molecule has 0 fully saturated rings. The van der Waals surface area contributed by atoms with Crippen LogP contribution in [0.2, 0.25) is 0 Å². The van der Waals surface area contributed by atoms with Crippen molar-refractivity contribution in [1.29, 1.82) is 5.26 Å². The molecule has 38 heavy (non-hydrogen) atoms. The lowest BCUT2D eigenvalue weighted by Crippen LogP contribution is -2.21. The number of rotatable bonds is 4. The van der Waals surface area contributed by atoms with E-state index in [4.69, 9.17) is 0 Å². The molecular weight excluding hydrogens is 472 g/mol. The Labute approximate surface area is 219 Å². The molecule has 6 rings (SSSR count). The van der Waals surface area contributed by atoms with Crippen molar-refractivity contribution >= 4 is 21.9 Å². The molecule has 7 heteroatoms. The van der Waals surface area contributed by atoms with Gasteiger partial charge in [0, 0.05) is 42.2 Å². The molecule has 0 unspecified atom stereocenters. The molecule has 6 aromatic rings. The van der Waals surface area contributed by atoms with E-state index in [1.54, 1.807) is 34.8 Å². The molecule has 0 spiro atoms. The van der Waals surface area contributed by atoms with Crippen LogP contribution in [0.5, 0.6) is 0 Å². The van der Waals surface area contributed by atoms with Crippen molar-refractivity contribution < 1.29 is 0 Å². The summed E-state index contributed by atoms with van der Waals surface area (Å²) in [7, 11) is 1.76. The summed E-state index contributed by atoms with van der Waals surface area (Å²) in [5.74, 6) is 0. The van der Waals surface area contributed by atoms with Crippen LogP contribution in [0.15, 0.2) is 96.3 Å². The normalized spacial score (nSPS) is 11.6. The first kappa shape index (κ1) is 23.3. The summed E-state index contributed by atoms with van der Waals surface area (Å²) in [6.07, 6.45) is 7.13. The smallest absolute Gasteiger partial charge is 0.293 e. The first-order valence-electron chi connectivity index (χ1n) is 12.3. The Morgan fingerprint density at radius 1 is 0.868 bits per heavy atom. The molecule has 0 saturated carbocycles. The minimum absolute atomic E-state index is 0.158. The number of nitrogens with zero attached hydrogens (tertiary/aromatic N) is 6. The highest BCUT2D eigenvalue weighted by Crippen LogP contribution is 2.31. The molecule has 0 saturated heterocycles. The molecule has 0 N–H and O–H groups in total. The van der Waals surface area contributed by atoms with Gasteiger partial charge in [-0.05, 0) is 67.4 Å². The van der Waals surface area contributed by atoms with Gasteiger partial charge in [0.15, 0.2) is 0 Å². The van der Waals surface area contributed by atoms with E-state index in [-0.39, 0.29) is 5.69 Å². The predicted octanol–water partition coefficient (Wildman–Crippen LogP) is 5.80. The number of benzene rings is 2. The molecule has 0 bridgehead atoms. The highest BCUT2D eigenvalue weighted by molar-refractivity contribution is 6.04. The van der Waals surface area contributed by atoms with E-state index < -0.39 is 5.41 Å². The molecule has 7 nitrogen and oxygen atoms in total. The monoisotopic (exact) mass is 496 g/mol. The Kier molecular flexibility index (Phi) is 5.39. The van der Waals surface area contributed by atoms with Crippen molar-refractivity contribution in [3.63, 3.8) is 0 Å². The van der Waals surface area contributed by atoms with Gasteiger partial charge in [0.25, 0.3) is 0 Å². The maximum atomic E-state index is 13.4. The van der Waals surface area contributed by atoms with Crippen LogP contribution in [0.4, 0.5) is 0 Å². The van der Waals surface area contributed by atoms with Gasteiger partial charge in [0.1, 0.15) is 0 Å². The van der Waals surface area contributed by atoms with Crippen molar-refractivity contribution in [2.75, 3.05) is 0 Å². The van der Waals surface area contributed by atoms with E-state index in [0.717, 1.165) is 55.6 Å². The molecule has 0 aliphatic heterocycles. The van der Waals surface area contributed by atoms with E-state index in [1.165, 1.54) is 0 Å². The van der Waals surface area contributed by atoms with Gasteiger partial charge in [-0.1, -0.05) is 24.3 Å². The molecule has 4 aromatic heterocycles. The zero-order valence-corrected chi connectivity index (χ0v) is 21.3. The van der Waals surface area contributed by atoms with Gasteiger partial charge in [-0.25, -0.2) is 4.79 Å². The van der Waals surface area contributed by atoms with E-state index in [9.17, 15) is 10.1 Å². The zero-order chi connectivity index (χ0) is 26.4. The van der Waals surface area contributed by atoms with Gasteiger partial charge < -0.3 is 0 Å². The summed E-state index contributed by atoms with van der Waals surface area (Å²) in [4.78, 5) is 26.9. The predicted molar refractivity (Wildman–Crippen MR) is 149 cm³/mol. The number of hydrogen-bond donors (Lipinski definition) is 0. The maximum Gasteiger partial charge on any atom is 0.333 e. The summed E-state index contributed by atoms with van der Waals surface area (Å²) in [6.45, 7) is 3.76. The Morgan fingerprint density at radius 2 is 1.66 bits per heavy atom. The van der Waals surface area contributed by atoms with Crippen molar-refractivity contribution in [1.82, 2.24) is 24.1 Å². The molecular formula is C31H24N6O. The van der Waals surface area contributed by atoms with Crippen LogP contribution < -0.4 is 5.69 Å². The fraction of sp³-hybridized carbons (Fsp3) is 0.129. The van der Waals surface area contributed by atoms with Gasteiger partial charge in [-0.2, -0.15) is 5.26 Å². The Morgan fingerprint density at radius 3 is 2.34 bits per heavy atom. The maximum absolute atomic E-state index is 13.4. The Hall–Kier alpha value is -5.09. The highest BCUT2D eigenvalue weighted by atomic mass is 16.1. The molecule has 0 aliphatic carbocycles. The summed E-state index contributed by atoms with van der Waals surface area (Å²) >= 11 is 0. The summed E-state index contributed by atoms with van der Waals surface area (Å²) in [6, 6.07) is 23.9. The van der Waals surface area contributed by atoms with Crippen LogP contribution in [0.1, 0.15) is 19.4 Å². The summed E-state index contributed by atoms with van der Waals surface area (Å²) in [5.41, 5.74) is 6.93. The average Bonchev–Trinajstić information content (AvgIpc) is 3.23. The van der Waals surface area contributed by atoms with Crippen LogP contribution in [0.3, 0.4) is 0 Å². The number of aryl methyl sites for hydroxylation is 1. The zero-order valence-electron chi connectivity index (χ0n) is 21.3. The van der Waals surface area contributed by atoms with Gasteiger partial charge in [-0.3, -0.25) is 24.1 Å². The standard InChI is InChI=1S/C31H24N6O/c1-31(2,19-32)23-8-10-24(11-9-23)37-29-25-15-20(6-13-27(25)35-18-28(29)36(3)30(37)38)21-7-12-26(34-17-21)22-5-4-14-33-16-22/h4-18H,1-3H3. The van der Waals surface area contributed by atoms with Gasteiger partial charge >= 0.3 is 5.69 Å². The second-order valence-corrected chi connectivity index (χ2v) is 9.86. The molecule has 0 amide bonds. The Bertz CT molecular complexity index is 1910. The number of hydrogen-bond acceptors (Lipinski definition) is 5. The van der Waals surface area contributed by atoms with Gasteiger partial charge in [0.2, 0.25) is 0 Å². The Balaban J connectivity index is 1.51. The third-order valence-electron chi connectivity index (χ3n) is 7.06. The lowest BCUT2D eigenvalue weighted by atomic mass is 9.86. The minimum atomic E-state index is -0.617. The SMILES string of the molecule is Cn1c(=O)n(-c2ccc(C(C)(C)C#N)cc2)c2c3cc(-c4ccc(-c5cccnc5)nc4)ccc3ncc21. The van der Waals surface area contributed by atoms with Crippen molar-refractivity contribution in [2.45, 2.75) is 19.3 Å². The number of nitriles is 1. The highest BCUT2D eigenvalue weighted by Gasteiger charge is 2.21. The topological polar surface area (TPSA) is 89.4 Å². The lowest BCUT2D eigenvalue weighted by molar-refractivity contribution is 0.686. The molecule has 0 radical (unpaired) electrons. The van der Waals surface area contributed by atoms with Crippen molar-refractivity contribution in [2.24, 2.45) is 7.05 Å². The van der Waals surface area contributed by atoms with Crippen LogP contribution in [-0.2, 0) is 12.5 Å². The fourth-order valence-electron chi connectivity index (χ4n) is 4.76. The number of pyridine rings is 3.